The molecule has 0 spiro atoms. The lowest BCUT2D eigenvalue weighted by molar-refractivity contribution is -0.122. The van der Waals surface area contributed by atoms with Gasteiger partial charge >= 0.3 is 0 Å². The summed E-state index contributed by atoms with van der Waals surface area (Å²) in [5, 5.41) is 12.0. The molecule has 0 saturated heterocycles. The first kappa shape index (κ1) is 22.9. The van der Waals surface area contributed by atoms with Gasteiger partial charge < -0.3 is 10.4 Å². The molecule has 3 N–H and O–H groups in total. The van der Waals surface area contributed by atoms with Crippen LogP contribution in [-0.4, -0.2) is 30.0 Å². The number of hydrogen-bond donors (Lipinski definition) is 3. The maximum atomic E-state index is 14.7. The lowest BCUT2D eigenvalue weighted by Gasteiger charge is -2.27. The van der Waals surface area contributed by atoms with Crippen LogP contribution >= 0.6 is 22.9 Å². The molecule has 1 atom stereocenters. The number of pyridine rings is 1. The van der Waals surface area contributed by atoms with Crippen LogP contribution in [0.2, 0.25) is 5.02 Å². The minimum atomic E-state index is -4.13. The van der Waals surface area contributed by atoms with E-state index in [0.717, 1.165) is 54.0 Å². The quantitative estimate of drug-likeness (QED) is 0.461. The number of rotatable bonds is 5. The Morgan fingerprint density at radius 2 is 2.06 bits per heavy atom. The molecule has 1 aliphatic carbocycles. The molecular weight excluding hydrogens is 467 g/mol. The van der Waals surface area contributed by atoms with Gasteiger partial charge in [0.1, 0.15) is 10.7 Å². The molecule has 4 rings (SSSR count). The van der Waals surface area contributed by atoms with Crippen LogP contribution in [-0.2, 0) is 21.2 Å². The molecule has 2 heterocycles. The predicted molar refractivity (Wildman–Crippen MR) is 117 cm³/mol. The van der Waals surface area contributed by atoms with Crippen molar-refractivity contribution in [3.63, 3.8) is 0 Å². The van der Waals surface area contributed by atoms with Crippen molar-refractivity contribution in [1.82, 2.24) is 9.97 Å². The van der Waals surface area contributed by atoms with Crippen LogP contribution < -0.4 is 10.0 Å². The Morgan fingerprint density at radius 3 is 2.77 bits per heavy atom. The first-order valence-electron chi connectivity index (χ1n) is 9.05. The fraction of sp³-hybridized carbons (Fsp3) is 0.211. The first-order chi connectivity index (χ1) is 14.9. The van der Waals surface area contributed by atoms with Gasteiger partial charge in [-0.25, -0.2) is 17.8 Å². The molecule has 0 saturated carbocycles. The molecule has 0 amide bonds. The summed E-state index contributed by atoms with van der Waals surface area (Å²) >= 11 is 7.38. The van der Waals surface area contributed by atoms with Crippen LogP contribution in [0.15, 0.2) is 46.9 Å². The molecule has 0 aliphatic heterocycles. The zero-order valence-corrected chi connectivity index (χ0v) is 18.3. The van der Waals surface area contributed by atoms with E-state index in [9.17, 15) is 12.8 Å². The van der Waals surface area contributed by atoms with Gasteiger partial charge in [-0.15, -0.1) is 11.3 Å². The molecule has 12 heteroatoms. The number of thiazole rings is 1. The van der Waals surface area contributed by atoms with E-state index >= 15 is 0 Å². The maximum absolute atomic E-state index is 14.7. The normalized spacial score (nSPS) is 15.2. The minimum Gasteiger partial charge on any atom is -0.483 e. The van der Waals surface area contributed by atoms with Crippen LogP contribution in [0.25, 0.3) is 0 Å². The van der Waals surface area contributed by atoms with Gasteiger partial charge in [0, 0.05) is 23.5 Å². The molecule has 164 valence electrons. The highest BCUT2D eigenvalue weighted by atomic mass is 35.5. The van der Waals surface area contributed by atoms with Crippen LogP contribution in [0.3, 0.4) is 0 Å². The zero-order valence-electron chi connectivity index (χ0n) is 16.0. The van der Waals surface area contributed by atoms with Gasteiger partial charge in [-0.05, 0) is 43.0 Å². The van der Waals surface area contributed by atoms with Gasteiger partial charge in [0.05, 0.1) is 16.8 Å². The smallest absolute Gasteiger partial charge is 0.290 e. The number of hydrogen-bond acceptors (Lipinski definition) is 7. The summed E-state index contributed by atoms with van der Waals surface area (Å²) in [7, 11) is -4.13. The third-order valence-electron chi connectivity index (χ3n) is 4.50. The molecule has 1 aliphatic rings. The number of carbonyl (C=O) groups is 1. The van der Waals surface area contributed by atoms with Crippen molar-refractivity contribution in [2.24, 2.45) is 0 Å². The number of aromatic nitrogens is 2. The second kappa shape index (κ2) is 10.0. The topological polar surface area (TPSA) is 121 Å². The van der Waals surface area contributed by atoms with Crippen LogP contribution in [0.5, 0.6) is 0 Å². The van der Waals surface area contributed by atoms with E-state index in [1.54, 1.807) is 11.6 Å². The van der Waals surface area contributed by atoms with Crippen LogP contribution in [0.4, 0.5) is 15.2 Å². The Balaban J connectivity index is 0.000000858. The number of nitrogens with zero attached hydrogens (tertiary/aromatic N) is 2. The van der Waals surface area contributed by atoms with Gasteiger partial charge in [0.15, 0.2) is 5.13 Å². The monoisotopic (exact) mass is 484 g/mol. The van der Waals surface area contributed by atoms with E-state index in [1.165, 1.54) is 6.20 Å². The van der Waals surface area contributed by atoms with Gasteiger partial charge in [-0.1, -0.05) is 17.7 Å². The van der Waals surface area contributed by atoms with E-state index < -0.39 is 20.7 Å². The average molecular weight is 485 g/mol. The standard InChI is InChI=1S/C18H16ClFN4O2S2.CH2O2/c19-12-9-17(28(25,26)24-18-22-7-8-27-18)13(20)10-16(12)23-15-5-1-4-14-11(15)3-2-6-21-14;2-1-3/h2-3,6-10,15,23H,1,4-5H2,(H,22,24);1H,(H,2,3). The average Bonchev–Trinajstić information content (AvgIpc) is 3.23. The van der Waals surface area contributed by atoms with Crippen molar-refractivity contribution in [2.75, 3.05) is 10.0 Å². The summed E-state index contributed by atoms with van der Waals surface area (Å²) < 4.78 is 41.8. The first-order valence-corrected chi connectivity index (χ1v) is 11.8. The van der Waals surface area contributed by atoms with Crippen molar-refractivity contribution in [3.05, 3.63) is 64.1 Å². The third kappa shape index (κ3) is 5.49. The Labute approximate surface area is 187 Å². The van der Waals surface area contributed by atoms with E-state index in [4.69, 9.17) is 21.5 Å². The maximum Gasteiger partial charge on any atom is 0.290 e. The summed E-state index contributed by atoms with van der Waals surface area (Å²) in [6.07, 6.45) is 5.91. The molecular formula is C19H18ClFN4O4S2. The zero-order chi connectivity index (χ0) is 22.4. The van der Waals surface area contributed by atoms with Gasteiger partial charge in [-0.3, -0.25) is 14.5 Å². The summed E-state index contributed by atoms with van der Waals surface area (Å²) in [6.45, 7) is -0.250. The second-order valence-corrected chi connectivity index (χ2v) is 9.39. The summed E-state index contributed by atoms with van der Waals surface area (Å²) in [6, 6.07) is 6.01. The molecule has 8 nitrogen and oxygen atoms in total. The lowest BCUT2D eigenvalue weighted by atomic mass is 9.91. The van der Waals surface area contributed by atoms with E-state index in [-0.39, 0.29) is 22.7 Å². The largest absolute Gasteiger partial charge is 0.483 e. The predicted octanol–water partition coefficient (Wildman–Crippen LogP) is 4.32. The number of anilines is 2. The van der Waals surface area contributed by atoms with Gasteiger partial charge in [0.25, 0.3) is 16.5 Å². The van der Waals surface area contributed by atoms with E-state index in [1.807, 2.05) is 12.1 Å². The highest BCUT2D eigenvalue weighted by molar-refractivity contribution is 7.93. The number of aryl methyl sites for hydroxylation is 1. The molecule has 3 aromatic rings. The van der Waals surface area contributed by atoms with Crippen molar-refractivity contribution < 1.29 is 22.7 Å². The van der Waals surface area contributed by atoms with Crippen molar-refractivity contribution in [3.8, 4) is 0 Å². The Hall–Kier alpha value is -2.76. The molecule has 0 radical (unpaired) electrons. The minimum absolute atomic E-state index is 0.0646. The molecule has 2 aromatic heterocycles. The Kier molecular flexibility index (Phi) is 7.42. The fourth-order valence-electron chi connectivity index (χ4n) is 3.23. The van der Waals surface area contributed by atoms with Crippen LogP contribution in [0, 0.1) is 5.82 Å². The third-order valence-corrected chi connectivity index (χ3v) is 6.99. The number of nitrogens with one attached hydrogen (secondary N) is 2. The molecule has 0 bridgehead atoms. The highest BCUT2D eigenvalue weighted by Gasteiger charge is 2.25. The second-order valence-electron chi connectivity index (χ2n) is 6.44. The van der Waals surface area contributed by atoms with Crippen molar-refractivity contribution in [2.45, 2.75) is 30.2 Å². The molecule has 31 heavy (non-hydrogen) atoms. The van der Waals surface area contributed by atoms with Gasteiger partial charge in [0.2, 0.25) is 0 Å². The lowest BCUT2D eigenvalue weighted by Crippen LogP contribution is -2.19. The van der Waals surface area contributed by atoms with Gasteiger partial charge in [-0.2, -0.15) is 0 Å². The number of sulfonamides is 1. The highest BCUT2D eigenvalue weighted by Crippen LogP contribution is 2.35. The molecule has 1 unspecified atom stereocenters. The van der Waals surface area contributed by atoms with E-state index in [2.05, 4.69) is 20.0 Å². The van der Waals surface area contributed by atoms with Crippen LogP contribution in [0.1, 0.15) is 30.1 Å². The Bertz CT molecular complexity index is 1160. The molecule has 1 aromatic carbocycles. The summed E-state index contributed by atoms with van der Waals surface area (Å²) in [4.78, 5) is 16.1. The number of carboxylic acid groups (broad SMARTS) is 1. The summed E-state index contributed by atoms with van der Waals surface area (Å²) in [5.74, 6) is -0.891. The molecule has 0 fully saturated rings. The number of benzene rings is 1. The number of fused-ring (bicyclic) bond motifs is 1. The van der Waals surface area contributed by atoms with E-state index in [0.29, 0.717) is 5.69 Å². The summed E-state index contributed by atoms with van der Waals surface area (Å²) in [5.41, 5.74) is 2.40. The van der Waals surface area contributed by atoms with Crippen molar-refractivity contribution >= 4 is 50.3 Å². The van der Waals surface area contributed by atoms with Crippen molar-refractivity contribution in [1.29, 1.82) is 0 Å². The number of halogens is 2. The Morgan fingerprint density at radius 1 is 1.29 bits per heavy atom. The SMILES string of the molecule is O=CO.O=S(=O)(Nc1nccs1)c1cc(Cl)c(NC2CCCc3ncccc32)cc1F. The fourth-order valence-corrected chi connectivity index (χ4v) is 5.39.